The molecular formula is C7H13BrClNO2. The van der Waals surface area contributed by atoms with Crippen LogP contribution in [0, 0.1) is 5.92 Å². The van der Waals surface area contributed by atoms with Crippen molar-refractivity contribution < 1.29 is 9.53 Å². The van der Waals surface area contributed by atoms with Crippen molar-refractivity contribution in [2.75, 3.05) is 11.9 Å². The van der Waals surface area contributed by atoms with Crippen LogP contribution in [0.2, 0.25) is 0 Å². The molecule has 0 aromatic heterocycles. The summed E-state index contributed by atoms with van der Waals surface area (Å²) >= 11 is 3.28. The van der Waals surface area contributed by atoms with Gasteiger partial charge >= 0.3 is 5.97 Å². The number of hydrogen-bond acceptors (Lipinski definition) is 3. The first kappa shape index (κ1) is 12.2. The third-order valence-electron chi connectivity index (χ3n) is 1.99. The number of nitrogens with two attached hydrogens (primary N) is 1. The zero-order valence-corrected chi connectivity index (χ0v) is 9.28. The molecule has 12 heavy (non-hydrogen) atoms. The van der Waals surface area contributed by atoms with Gasteiger partial charge in [-0.25, -0.2) is 0 Å². The summed E-state index contributed by atoms with van der Waals surface area (Å²) in [6.45, 7) is 2.19. The molecule has 2 atom stereocenters. The third-order valence-corrected chi connectivity index (χ3v) is 2.78. The smallest absolute Gasteiger partial charge is 0.326 e. The van der Waals surface area contributed by atoms with Crippen LogP contribution in [0.25, 0.3) is 0 Å². The zero-order valence-electron chi connectivity index (χ0n) is 6.88. The van der Waals surface area contributed by atoms with Crippen LogP contribution in [0.15, 0.2) is 0 Å². The van der Waals surface area contributed by atoms with Gasteiger partial charge in [-0.2, -0.15) is 0 Å². The Labute approximate surface area is 86.6 Å². The van der Waals surface area contributed by atoms with Gasteiger partial charge in [0.05, 0.1) is 6.61 Å². The number of esters is 1. The fourth-order valence-corrected chi connectivity index (χ4v) is 1.86. The SMILES string of the molecule is CCOC(=O)[C@@]1(N)C[C@H]1CBr.Cl. The summed E-state index contributed by atoms with van der Waals surface area (Å²) in [5, 5.41) is 0.780. The van der Waals surface area contributed by atoms with Crippen molar-refractivity contribution in [2.45, 2.75) is 18.9 Å². The van der Waals surface area contributed by atoms with Crippen LogP contribution in [0.5, 0.6) is 0 Å². The lowest BCUT2D eigenvalue weighted by molar-refractivity contribution is -0.146. The topological polar surface area (TPSA) is 52.3 Å². The average Bonchev–Trinajstić information content (AvgIpc) is 2.64. The Bertz CT molecular complexity index is 179. The summed E-state index contributed by atoms with van der Waals surface area (Å²) in [7, 11) is 0. The summed E-state index contributed by atoms with van der Waals surface area (Å²) in [5.41, 5.74) is 5.05. The highest BCUT2D eigenvalue weighted by Gasteiger charge is 2.57. The molecule has 0 radical (unpaired) electrons. The maximum atomic E-state index is 11.1. The van der Waals surface area contributed by atoms with Gasteiger partial charge in [0.25, 0.3) is 0 Å². The molecule has 1 aliphatic carbocycles. The van der Waals surface area contributed by atoms with Gasteiger partial charge in [0.1, 0.15) is 5.54 Å². The minimum atomic E-state index is -0.681. The third kappa shape index (κ3) is 2.12. The van der Waals surface area contributed by atoms with Gasteiger partial charge in [0, 0.05) is 5.33 Å². The van der Waals surface area contributed by atoms with E-state index in [1.165, 1.54) is 0 Å². The molecule has 0 aromatic rings. The van der Waals surface area contributed by atoms with Crippen LogP contribution < -0.4 is 5.73 Å². The van der Waals surface area contributed by atoms with E-state index in [1.54, 1.807) is 6.92 Å². The van der Waals surface area contributed by atoms with Crippen molar-refractivity contribution in [1.29, 1.82) is 0 Å². The van der Waals surface area contributed by atoms with Crippen molar-refractivity contribution in [3.63, 3.8) is 0 Å². The van der Waals surface area contributed by atoms with Gasteiger partial charge in [0.2, 0.25) is 0 Å². The molecule has 0 bridgehead atoms. The number of carbonyl (C=O) groups is 1. The van der Waals surface area contributed by atoms with Gasteiger partial charge in [-0.15, -0.1) is 12.4 Å². The molecule has 1 fully saturated rings. The molecule has 0 heterocycles. The van der Waals surface area contributed by atoms with E-state index in [1.807, 2.05) is 0 Å². The molecule has 0 aromatic carbocycles. The van der Waals surface area contributed by atoms with Crippen LogP contribution in [0.4, 0.5) is 0 Å². The minimum absolute atomic E-state index is 0. The van der Waals surface area contributed by atoms with E-state index in [-0.39, 0.29) is 24.3 Å². The second-order valence-corrected chi connectivity index (χ2v) is 3.46. The first-order valence-corrected chi connectivity index (χ1v) is 4.79. The molecular weight excluding hydrogens is 245 g/mol. The lowest BCUT2D eigenvalue weighted by Crippen LogP contribution is -2.37. The lowest BCUT2D eigenvalue weighted by atomic mass is 10.2. The van der Waals surface area contributed by atoms with Crippen LogP contribution in [-0.2, 0) is 9.53 Å². The minimum Gasteiger partial charge on any atom is -0.465 e. The highest BCUT2D eigenvalue weighted by atomic mass is 79.9. The number of hydrogen-bond donors (Lipinski definition) is 1. The molecule has 0 aliphatic heterocycles. The van der Waals surface area contributed by atoms with E-state index in [4.69, 9.17) is 10.5 Å². The maximum Gasteiger partial charge on any atom is 0.326 e. The maximum absolute atomic E-state index is 11.1. The Kier molecular flexibility index (Phi) is 4.51. The van der Waals surface area contributed by atoms with E-state index in [0.29, 0.717) is 6.61 Å². The van der Waals surface area contributed by atoms with Crippen molar-refractivity contribution in [3.05, 3.63) is 0 Å². The molecule has 1 rings (SSSR count). The molecule has 0 amide bonds. The van der Waals surface area contributed by atoms with Crippen LogP contribution in [0.1, 0.15) is 13.3 Å². The largest absolute Gasteiger partial charge is 0.465 e. The first-order valence-electron chi connectivity index (χ1n) is 3.67. The fraction of sp³-hybridized carbons (Fsp3) is 0.857. The number of halogens is 2. The molecule has 0 spiro atoms. The molecule has 0 saturated heterocycles. The average molecular weight is 259 g/mol. The Hall–Kier alpha value is 0.200. The summed E-state index contributed by atoms with van der Waals surface area (Å²) in [6.07, 6.45) is 0.747. The van der Waals surface area contributed by atoms with E-state index in [2.05, 4.69) is 15.9 Å². The summed E-state index contributed by atoms with van der Waals surface area (Å²) in [5.74, 6) is 0.00556. The van der Waals surface area contributed by atoms with Crippen LogP contribution in [0.3, 0.4) is 0 Å². The summed E-state index contributed by atoms with van der Waals surface area (Å²) in [6, 6.07) is 0. The van der Waals surface area contributed by atoms with Gasteiger partial charge in [-0.3, -0.25) is 4.79 Å². The molecule has 5 heteroatoms. The Morgan fingerprint density at radius 1 is 1.83 bits per heavy atom. The zero-order chi connectivity index (χ0) is 8.48. The van der Waals surface area contributed by atoms with Crippen molar-refractivity contribution in [3.8, 4) is 0 Å². The van der Waals surface area contributed by atoms with Crippen molar-refractivity contribution >= 4 is 34.3 Å². The molecule has 3 nitrogen and oxygen atoms in total. The predicted octanol–water partition coefficient (Wildman–Crippen LogP) is 1.08. The highest BCUT2D eigenvalue weighted by molar-refractivity contribution is 9.09. The van der Waals surface area contributed by atoms with Gasteiger partial charge < -0.3 is 10.5 Å². The molecule has 0 unspecified atom stereocenters. The standard InChI is InChI=1S/C7H12BrNO2.ClH/c1-2-11-6(10)7(9)3-5(7)4-8;/h5H,2-4,9H2,1H3;1H/t5-,7+;/m0./s1. The fourth-order valence-electron chi connectivity index (χ4n) is 1.06. The van der Waals surface area contributed by atoms with E-state index in [9.17, 15) is 4.79 Å². The van der Waals surface area contributed by atoms with E-state index < -0.39 is 5.54 Å². The molecule has 72 valence electrons. The van der Waals surface area contributed by atoms with Crippen LogP contribution in [-0.4, -0.2) is 23.4 Å². The lowest BCUT2D eigenvalue weighted by Gasteiger charge is -2.08. The Balaban J connectivity index is 0.00000121. The Morgan fingerprint density at radius 2 is 2.42 bits per heavy atom. The molecule has 1 aliphatic rings. The number of carbonyl (C=O) groups excluding carboxylic acids is 1. The van der Waals surface area contributed by atoms with Crippen molar-refractivity contribution in [2.24, 2.45) is 11.7 Å². The number of rotatable bonds is 3. The van der Waals surface area contributed by atoms with Crippen LogP contribution >= 0.6 is 28.3 Å². The second kappa shape index (κ2) is 4.44. The van der Waals surface area contributed by atoms with Gasteiger partial charge in [0.15, 0.2) is 0 Å². The van der Waals surface area contributed by atoms with E-state index in [0.717, 1.165) is 11.8 Å². The number of alkyl halides is 1. The number of ether oxygens (including phenoxy) is 1. The summed E-state index contributed by atoms with van der Waals surface area (Å²) < 4.78 is 4.82. The molecule has 2 N–H and O–H groups in total. The quantitative estimate of drug-likeness (QED) is 0.609. The second-order valence-electron chi connectivity index (χ2n) is 2.82. The first-order chi connectivity index (χ1) is 5.15. The monoisotopic (exact) mass is 257 g/mol. The molecule has 1 saturated carbocycles. The van der Waals surface area contributed by atoms with Gasteiger partial charge in [-0.05, 0) is 19.3 Å². The van der Waals surface area contributed by atoms with Gasteiger partial charge in [-0.1, -0.05) is 15.9 Å². The Morgan fingerprint density at radius 3 is 2.75 bits per heavy atom. The summed E-state index contributed by atoms with van der Waals surface area (Å²) in [4.78, 5) is 11.1. The van der Waals surface area contributed by atoms with E-state index >= 15 is 0 Å². The normalized spacial score (nSPS) is 32.1. The van der Waals surface area contributed by atoms with Crippen molar-refractivity contribution in [1.82, 2.24) is 0 Å². The highest BCUT2D eigenvalue weighted by Crippen LogP contribution is 2.42. The predicted molar refractivity (Wildman–Crippen MR) is 52.7 cm³/mol.